The van der Waals surface area contributed by atoms with Crippen LogP contribution in [0.2, 0.25) is 11.8 Å². The van der Waals surface area contributed by atoms with Gasteiger partial charge in [0.2, 0.25) is 0 Å². The van der Waals surface area contributed by atoms with Gasteiger partial charge in [-0.1, -0.05) is 0 Å². The molecule has 3 saturated carbocycles. The predicted octanol–water partition coefficient (Wildman–Crippen LogP) is 7.90. The molecular weight excluding hydrogens is 539 g/mol. The van der Waals surface area contributed by atoms with Gasteiger partial charge in [0.25, 0.3) is 0 Å². The van der Waals surface area contributed by atoms with Gasteiger partial charge in [-0.2, -0.15) is 0 Å². The van der Waals surface area contributed by atoms with Crippen LogP contribution in [0.1, 0.15) is 138 Å². The van der Waals surface area contributed by atoms with Crippen molar-refractivity contribution in [1.82, 2.24) is 10.2 Å². The Bertz CT molecular complexity index is 660. The zero-order chi connectivity index (χ0) is 25.7. The number of urea groups is 1. The summed E-state index contributed by atoms with van der Waals surface area (Å²) in [5.74, 6) is 0.723. The molecule has 0 atom stereocenters. The van der Waals surface area contributed by atoms with Crippen LogP contribution in [0.4, 0.5) is 4.79 Å². The van der Waals surface area contributed by atoms with E-state index in [2.05, 4.69) is 56.8 Å². The van der Waals surface area contributed by atoms with Crippen LogP contribution in [0.5, 0.6) is 0 Å². The maximum atomic E-state index is 12.2. The van der Waals surface area contributed by atoms with E-state index in [1.807, 2.05) is 0 Å². The SMILES string of the molecule is CC(C)(C)NC(=NC(N)=O)N([CH2][Sn]([CH]1CCCCC1)([CH]1CCCCC1)[CH]1CCCCC1)C(C)(C)C. The first-order valence-corrected chi connectivity index (χ1v) is 21.8. The van der Waals surface area contributed by atoms with E-state index in [1.165, 1.54) is 101 Å². The first-order chi connectivity index (χ1) is 16.4. The molecule has 0 radical (unpaired) electrons. The van der Waals surface area contributed by atoms with Gasteiger partial charge in [0.1, 0.15) is 0 Å². The fourth-order valence-electron chi connectivity index (χ4n) is 7.81. The Morgan fingerprint density at radius 3 is 1.43 bits per heavy atom. The van der Waals surface area contributed by atoms with Crippen LogP contribution in [0.3, 0.4) is 0 Å². The molecule has 0 aromatic rings. The molecule has 0 aliphatic heterocycles. The average Bonchev–Trinajstić information content (AvgIpc) is 2.79. The monoisotopic (exact) mass is 596 g/mol. The van der Waals surface area contributed by atoms with Crippen molar-refractivity contribution < 1.29 is 4.79 Å². The van der Waals surface area contributed by atoms with Crippen molar-refractivity contribution in [2.75, 3.05) is 4.56 Å². The number of carbonyl (C=O) groups excluding carboxylic acids is 1. The van der Waals surface area contributed by atoms with Crippen molar-refractivity contribution in [3.8, 4) is 0 Å². The van der Waals surface area contributed by atoms with Crippen LogP contribution in [-0.4, -0.2) is 50.9 Å². The third kappa shape index (κ3) is 7.77. The number of rotatable bonds is 5. The Morgan fingerprint density at radius 1 is 0.771 bits per heavy atom. The second kappa shape index (κ2) is 12.4. The standard InChI is InChI=1S/C11H23N4O.3C6H11.Sn/c1-10(2,3)14-9(13-8(12)16)15(7)11(4,5)6;3*1-2-4-6-5-3-1;/h7H2,1-6H3,(H3,12,13,14,16);3*1H,2-6H2;. The Hall–Kier alpha value is -0.461. The number of nitrogens with two attached hydrogens (primary N) is 1. The van der Waals surface area contributed by atoms with E-state index in [0.29, 0.717) is 0 Å². The molecule has 0 bridgehead atoms. The van der Waals surface area contributed by atoms with Gasteiger partial charge in [-0.05, 0) is 0 Å². The summed E-state index contributed by atoms with van der Waals surface area (Å²) in [7, 11) is 0. The fourth-order valence-corrected chi connectivity index (χ4v) is 31.8. The molecule has 6 heteroatoms. The quantitative estimate of drug-likeness (QED) is 0.193. The zero-order valence-corrected chi connectivity index (χ0v) is 26.8. The topological polar surface area (TPSA) is 70.7 Å². The molecule has 3 aliphatic carbocycles. The minimum absolute atomic E-state index is 0.118. The number of primary amides is 1. The molecule has 0 saturated heterocycles. The van der Waals surface area contributed by atoms with Gasteiger partial charge in [-0.3, -0.25) is 0 Å². The van der Waals surface area contributed by atoms with E-state index in [1.54, 1.807) is 0 Å². The van der Waals surface area contributed by atoms with Crippen molar-refractivity contribution in [3.05, 3.63) is 0 Å². The van der Waals surface area contributed by atoms with E-state index in [4.69, 9.17) is 5.73 Å². The summed E-state index contributed by atoms with van der Waals surface area (Å²) in [6.07, 6.45) is 21.7. The second-order valence-electron chi connectivity index (χ2n) is 14.0. The summed E-state index contributed by atoms with van der Waals surface area (Å²) >= 11 is -2.87. The summed E-state index contributed by atoms with van der Waals surface area (Å²) < 4.78 is 4.16. The van der Waals surface area contributed by atoms with Crippen LogP contribution in [0.25, 0.3) is 0 Å². The molecule has 2 amide bonds. The van der Waals surface area contributed by atoms with E-state index in [0.717, 1.165) is 17.8 Å². The number of hydrogen-bond donors (Lipinski definition) is 2. The number of aliphatic imine (C=N–C) groups is 1. The van der Waals surface area contributed by atoms with Crippen LogP contribution in [-0.2, 0) is 0 Å². The van der Waals surface area contributed by atoms with Crippen molar-refractivity contribution in [1.29, 1.82) is 0 Å². The first-order valence-electron chi connectivity index (χ1n) is 14.9. The molecule has 5 nitrogen and oxygen atoms in total. The molecule has 3 rings (SSSR count). The van der Waals surface area contributed by atoms with Gasteiger partial charge in [-0.15, -0.1) is 0 Å². The average molecular weight is 596 g/mol. The maximum absolute atomic E-state index is 12.2. The molecular formula is C29H56N4OSn. The van der Waals surface area contributed by atoms with Crippen LogP contribution >= 0.6 is 0 Å². The van der Waals surface area contributed by atoms with Crippen LogP contribution in [0.15, 0.2) is 4.99 Å². The minimum atomic E-state index is -2.87. The Balaban J connectivity index is 2.13. The van der Waals surface area contributed by atoms with Gasteiger partial charge in [0.05, 0.1) is 0 Å². The number of carbonyl (C=O) groups is 1. The molecule has 0 aromatic carbocycles. The zero-order valence-electron chi connectivity index (χ0n) is 23.9. The molecule has 0 heterocycles. The molecule has 0 unspecified atom stereocenters. The van der Waals surface area contributed by atoms with Gasteiger partial charge in [-0.25, -0.2) is 0 Å². The van der Waals surface area contributed by atoms with Crippen molar-refractivity contribution in [2.45, 2.75) is 161 Å². The normalized spacial score (nSPS) is 22.7. The number of hydrogen-bond acceptors (Lipinski definition) is 1. The first kappa shape index (κ1) is 29.1. The number of nitrogens with zero attached hydrogens (tertiary/aromatic N) is 2. The summed E-state index contributed by atoms with van der Waals surface area (Å²) in [5, 5.41) is 3.63. The predicted molar refractivity (Wildman–Crippen MR) is 153 cm³/mol. The summed E-state index contributed by atoms with van der Waals surface area (Å²) in [6.45, 7) is 13.4. The summed E-state index contributed by atoms with van der Waals surface area (Å²) in [4.78, 5) is 19.2. The van der Waals surface area contributed by atoms with E-state index in [-0.39, 0.29) is 11.1 Å². The van der Waals surface area contributed by atoms with Crippen molar-refractivity contribution in [3.63, 3.8) is 0 Å². The molecule has 3 aliphatic rings. The molecule has 0 aromatic heterocycles. The Morgan fingerprint density at radius 2 is 1.14 bits per heavy atom. The summed E-state index contributed by atoms with van der Waals surface area (Å²) in [5.41, 5.74) is 5.41. The summed E-state index contributed by atoms with van der Waals surface area (Å²) in [6, 6.07) is -0.584. The van der Waals surface area contributed by atoms with Crippen molar-refractivity contribution >= 4 is 30.4 Å². The van der Waals surface area contributed by atoms with E-state index in [9.17, 15) is 4.79 Å². The molecule has 35 heavy (non-hydrogen) atoms. The number of nitrogens with one attached hydrogen (secondary N) is 1. The van der Waals surface area contributed by atoms with Crippen LogP contribution < -0.4 is 11.1 Å². The van der Waals surface area contributed by atoms with E-state index >= 15 is 0 Å². The Labute approximate surface area is 220 Å². The van der Waals surface area contributed by atoms with Crippen LogP contribution in [0, 0.1) is 0 Å². The van der Waals surface area contributed by atoms with Crippen molar-refractivity contribution in [2.24, 2.45) is 10.7 Å². The number of guanidine groups is 1. The fraction of sp³-hybridized carbons (Fsp3) is 0.931. The third-order valence-corrected chi connectivity index (χ3v) is 29.7. The van der Waals surface area contributed by atoms with Gasteiger partial charge < -0.3 is 0 Å². The molecule has 3 N–H and O–H groups in total. The molecule has 3 fully saturated rings. The Kier molecular flexibility index (Phi) is 10.3. The van der Waals surface area contributed by atoms with E-state index < -0.39 is 24.4 Å². The third-order valence-electron chi connectivity index (χ3n) is 9.30. The molecule has 202 valence electrons. The molecule has 0 spiro atoms. The second-order valence-corrected chi connectivity index (χ2v) is 28.3. The van der Waals surface area contributed by atoms with Gasteiger partial charge in [0.15, 0.2) is 0 Å². The van der Waals surface area contributed by atoms with Gasteiger partial charge in [0, 0.05) is 0 Å². The van der Waals surface area contributed by atoms with Gasteiger partial charge >= 0.3 is 221 Å². The number of amides is 2.